The van der Waals surface area contributed by atoms with E-state index >= 15 is 0 Å². The highest BCUT2D eigenvalue weighted by Gasteiger charge is 2.20. The largest absolute Gasteiger partial charge is 0.494 e. The number of amides is 1. The first kappa shape index (κ1) is 24.0. The van der Waals surface area contributed by atoms with Gasteiger partial charge in [0.15, 0.2) is 11.5 Å². The third-order valence-corrected chi connectivity index (χ3v) is 6.35. The van der Waals surface area contributed by atoms with Gasteiger partial charge < -0.3 is 10.1 Å². The summed E-state index contributed by atoms with van der Waals surface area (Å²) in [6, 6.07) is 15.6. The zero-order valence-electron chi connectivity index (χ0n) is 19.4. The Morgan fingerprint density at radius 2 is 1.86 bits per heavy atom. The van der Waals surface area contributed by atoms with Crippen LogP contribution >= 0.6 is 11.3 Å². The number of nitrogens with zero attached hydrogens (tertiary/aromatic N) is 5. The Morgan fingerprint density at radius 1 is 1.11 bits per heavy atom. The van der Waals surface area contributed by atoms with E-state index < -0.39 is 10.8 Å². The average Bonchev–Trinajstić information content (AvgIpc) is 3.57. The Morgan fingerprint density at radius 3 is 2.54 bits per heavy atom. The van der Waals surface area contributed by atoms with E-state index in [0.29, 0.717) is 40.5 Å². The van der Waals surface area contributed by atoms with E-state index in [2.05, 4.69) is 20.4 Å². The van der Waals surface area contributed by atoms with E-state index in [-0.39, 0.29) is 21.5 Å². The standard InChI is InChI=1S/C25H19FN6O4S/c1-2-13-36-18-9-3-15(4-10-18)22-28-23(30-25(33)20-11-12-21(37-20)32(34)35)19-14-27-31(24(19)29-22)17-7-5-16(26)6-8-17/h3-12,14H,2,13H2,1H3,(H,28,29,30,33). The van der Waals surface area contributed by atoms with Crippen molar-refractivity contribution in [1.29, 1.82) is 0 Å². The van der Waals surface area contributed by atoms with Gasteiger partial charge in [-0.3, -0.25) is 14.9 Å². The normalized spacial score (nSPS) is 11.0. The summed E-state index contributed by atoms with van der Waals surface area (Å²) >= 11 is 0.761. The number of carbonyl (C=O) groups excluding carboxylic acids is 1. The van der Waals surface area contributed by atoms with Crippen molar-refractivity contribution in [3.8, 4) is 22.8 Å². The second kappa shape index (κ2) is 10.1. The van der Waals surface area contributed by atoms with Crippen molar-refractivity contribution < 1.29 is 18.8 Å². The molecule has 0 aliphatic rings. The molecule has 12 heteroatoms. The van der Waals surface area contributed by atoms with Gasteiger partial charge in [0, 0.05) is 11.6 Å². The summed E-state index contributed by atoms with van der Waals surface area (Å²) in [5, 5.41) is 18.4. The molecule has 0 aliphatic heterocycles. The van der Waals surface area contributed by atoms with Gasteiger partial charge in [-0.25, -0.2) is 19.0 Å². The molecule has 5 aromatic rings. The van der Waals surface area contributed by atoms with E-state index in [1.807, 2.05) is 6.92 Å². The number of ether oxygens (including phenoxy) is 1. The minimum atomic E-state index is -0.554. The molecule has 0 atom stereocenters. The molecule has 0 unspecified atom stereocenters. The van der Waals surface area contributed by atoms with Crippen molar-refractivity contribution >= 4 is 39.1 Å². The highest BCUT2D eigenvalue weighted by molar-refractivity contribution is 7.17. The molecular weight excluding hydrogens is 499 g/mol. The summed E-state index contributed by atoms with van der Waals surface area (Å²) in [7, 11) is 0. The SMILES string of the molecule is CCCOc1ccc(-c2nc(NC(=O)c3ccc([N+](=O)[O-])s3)c3cnn(-c4ccc(F)cc4)c3n2)cc1. The van der Waals surface area contributed by atoms with Crippen molar-refractivity contribution in [2.75, 3.05) is 11.9 Å². The Balaban J connectivity index is 1.58. The summed E-state index contributed by atoms with van der Waals surface area (Å²) in [6.07, 6.45) is 2.38. The van der Waals surface area contributed by atoms with Gasteiger partial charge in [-0.05, 0) is 61.0 Å². The topological polar surface area (TPSA) is 125 Å². The number of thiophene rings is 1. The molecule has 2 aromatic carbocycles. The molecular formula is C25H19FN6O4S. The molecule has 3 heterocycles. The van der Waals surface area contributed by atoms with Gasteiger partial charge in [0.25, 0.3) is 5.91 Å². The van der Waals surface area contributed by atoms with Crippen molar-refractivity contribution in [2.45, 2.75) is 13.3 Å². The Kier molecular flexibility index (Phi) is 6.56. The molecule has 0 spiro atoms. The van der Waals surface area contributed by atoms with Crippen LogP contribution in [0.2, 0.25) is 0 Å². The lowest BCUT2D eigenvalue weighted by Crippen LogP contribution is -2.12. The molecule has 3 aromatic heterocycles. The van der Waals surface area contributed by atoms with Crippen LogP contribution in [-0.4, -0.2) is 37.2 Å². The predicted octanol–water partition coefficient (Wildman–Crippen LogP) is 5.63. The monoisotopic (exact) mass is 518 g/mol. The second-order valence-corrected chi connectivity index (χ2v) is 8.95. The summed E-state index contributed by atoms with van der Waals surface area (Å²) in [4.78, 5) is 32.8. The van der Waals surface area contributed by atoms with E-state index in [1.54, 1.807) is 36.4 Å². The van der Waals surface area contributed by atoms with Gasteiger partial charge in [0.05, 0.1) is 33.7 Å². The lowest BCUT2D eigenvalue weighted by molar-refractivity contribution is -0.380. The average molecular weight is 519 g/mol. The summed E-state index contributed by atoms with van der Waals surface area (Å²) in [5.74, 6) is 0.253. The molecule has 1 N–H and O–H groups in total. The van der Waals surface area contributed by atoms with E-state index in [1.165, 1.54) is 35.1 Å². The number of hydrogen-bond donors (Lipinski definition) is 1. The number of fused-ring (bicyclic) bond motifs is 1. The molecule has 0 saturated carbocycles. The van der Waals surface area contributed by atoms with Crippen LogP contribution in [0.3, 0.4) is 0 Å². The maximum absolute atomic E-state index is 13.5. The van der Waals surface area contributed by atoms with Crippen LogP contribution in [0.1, 0.15) is 23.0 Å². The molecule has 1 amide bonds. The molecule has 0 radical (unpaired) electrons. The summed E-state index contributed by atoms with van der Waals surface area (Å²) in [6.45, 7) is 2.61. The van der Waals surface area contributed by atoms with Crippen LogP contribution in [0.25, 0.3) is 28.1 Å². The quantitative estimate of drug-likeness (QED) is 0.208. The first-order chi connectivity index (χ1) is 17.9. The van der Waals surface area contributed by atoms with Crippen LogP contribution in [-0.2, 0) is 0 Å². The molecule has 0 aliphatic carbocycles. The molecule has 37 heavy (non-hydrogen) atoms. The number of aromatic nitrogens is 4. The van der Waals surface area contributed by atoms with Gasteiger partial charge in [0.1, 0.15) is 17.4 Å². The highest BCUT2D eigenvalue weighted by atomic mass is 32.1. The van der Waals surface area contributed by atoms with Crippen LogP contribution in [0.4, 0.5) is 15.2 Å². The second-order valence-electron chi connectivity index (χ2n) is 7.89. The third kappa shape index (κ3) is 5.00. The number of halogens is 1. The molecule has 0 bridgehead atoms. The molecule has 10 nitrogen and oxygen atoms in total. The maximum atomic E-state index is 13.5. The Bertz CT molecular complexity index is 1600. The Hall–Kier alpha value is -4.71. The minimum Gasteiger partial charge on any atom is -0.494 e. The van der Waals surface area contributed by atoms with E-state index in [4.69, 9.17) is 4.74 Å². The lowest BCUT2D eigenvalue weighted by Gasteiger charge is -2.10. The predicted molar refractivity (Wildman–Crippen MR) is 137 cm³/mol. The maximum Gasteiger partial charge on any atom is 0.324 e. The van der Waals surface area contributed by atoms with Crippen molar-refractivity contribution in [2.24, 2.45) is 0 Å². The number of anilines is 1. The lowest BCUT2D eigenvalue weighted by atomic mass is 10.2. The van der Waals surface area contributed by atoms with Gasteiger partial charge in [-0.2, -0.15) is 5.10 Å². The zero-order chi connectivity index (χ0) is 25.9. The van der Waals surface area contributed by atoms with Crippen LogP contribution in [0.5, 0.6) is 5.75 Å². The number of nitro groups is 1. The Labute approximate surface area is 213 Å². The smallest absolute Gasteiger partial charge is 0.324 e. The highest BCUT2D eigenvalue weighted by Crippen LogP contribution is 2.29. The molecule has 0 saturated heterocycles. The van der Waals surface area contributed by atoms with E-state index in [9.17, 15) is 19.3 Å². The van der Waals surface area contributed by atoms with Gasteiger partial charge in [0.2, 0.25) is 0 Å². The zero-order valence-corrected chi connectivity index (χ0v) is 20.2. The van der Waals surface area contributed by atoms with Crippen molar-refractivity contribution in [3.05, 3.63) is 87.7 Å². The fourth-order valence-electron chi connectivity index (χ4n) is 3.54. The first-order valence-corrected chi connectivity index (χ1v) is 12.0. The number of rotatable bonds is 8. The number of nitrogens with one attached hydrogen (secondary N) is 1. The number of hydrogen-bond acceptors (Lipinski definition) is 8. The summed E-state index contributed by atoms with van der Waals surface area (Å²) in [5.41, 5.74) is 1.62. The molecule has 0 fully saturated rings. The van der Waals surface area contributed by atoms with Crippen LogP contribution < -0.4 is 10.1 Å². The van der Waals surface area contributed by atoms with Gasteiger partial charge in [-0.1, -0.05) is 18.3 Å². The fraction of sp³-hybridized carbons (Fsp3) is 0.120. The van der Waals surface area contributed by atoms with Crippen LogP contribution in [0, 0.1) is 15.9 Å². The summed E-state index contributed by atoms with van der Waals surface area (Å²) < 4.78 is 20.7. The number of benzene rings is 2. The minimum absolute atomic E-state index is 0.145. The molecule has 5 rings (SSSR count). The first-order valence-electron chi connectivity index (χ1n) is 11.2. The number of carbonyl (C=O) groups is 1. The molecule has 186 valence electrons. The fourth-order valence-corrected chi connectivity index (χ4v) is 4.26. The van der Waals surface area contributed by atoms with Gasteiger partial charge >= 0.3 is 5.00 Å². The van der Waals surface area contributed by atoms with Crippen LogP contribution in [0.15, 0.2) is 66.9 Å². The van der Waals surface area contributed by atoms with Crippen molar-refractivity contribution in [1.82, 2.24) is 19.7 Å². The van der Waals surface area contributed by atoms with Gasteiger partial charge in [-0.15, -0.1) is 0 Å². The van der Waals surface area contributed by atoms with Crippen molar-refractivity contribution in [3.63, 3.8) is 0 Å². The van der Waals surface area contributed by atoms with E-state index in [0.717, 1.165) is 17.8 Å². The third-order valence-electron chi connectivity index (χ3n) is 5.31.